The Labute approximate surface area is 101 Å². The van der Waals surface area contributed by atoms with Crippen LogP contribution in [0.2, 0.25) is 0 Å². The van der Waals surface area contributed by atoms with Crippen molar-refractivity contribution in [3.63, 3.8) is 0 Å². The van der Waals surface area contributed by atoms with Gasteiger partial charge in [0.1, 0.15) is 0 Å². The molecule has 0 aromatic heterocycles. The van der Waals surface area contributed by atoms with E-state index < -0.39 is 0 Å². The van der Waals surface area contributed by atoms with Gasteiger partial charge in [0.05, 0.1) is 0 Å². The number of rotatable bonds is 4. The quantitative estimate of drug-likeness (QED) is 0.790. The van der Waals surface area contributed by atoms with Crippen LogP contribution in [-0.2, 0) is 0 Å². The molecule has 2 saturated heterocycles. The average Bonchev–Trinajstić information content (AvgIpc) is 2.57. The highest BCUT2D eigenvalue weighted by Crippen LogP contribution is 2.32. The van der Waals surface area contributed by atoms with Gasteiger partial charge in [0.25, 0.3) is 0 Å². The second-order valence-electron chi connectivity index (χ2n) is 5.87. The van der Waals surface area contributed by atoms with Crippen molar-refractivity contribution in [2.75, 3.05) is 32.7 Å². The maximum Gasteiger partial charge on any atom is 0.00506 e. The van der Waals surface area contributed by atoms with E-state index in [4.69, 9.17) is 0 Å². The van der Waals surface area contributed by atoms with Crippen molar-refractivity contribution in [2.45, 2.75) is 51.9 Å². The second-order valence-corrected chi connectivity index (χ2v) is 5.87. The molecule has 2 aliphatic rings. The van der Waals surface area contributed by atoms with Crippen LogP contribution >= 0.6 is 0 Å². The minimum absolute atomic E-state index is 0.610. The summed E-state index contributed by atoms with van der Waals surface area (Å²) in [4.78, 5) is 2.75. The second kappa shape index (κ2) is 6.02. The molecular weight excluding hydrogens is 196 g/mol. The number of hydrogen-bond donors (Lipinski definition) is 1. The summed E-state index contributed by atoms with van der Waals surface area (Å²) < 4.78 is 0. The third kappa shape index (κ3) is 3.21. The lowest BCUT2D eigenvalue weighted by Crippen LogP contribution is -2.39. The zero-order valence-electron chi connectivity index (χ0n) is 10.9. The number of likely N-dealkylation sites (tertiary alicyclic amines) is 1. The van der Waals surface area contributed by atoms with Crippen LogP contribution in [0.1, 0.15) is 51.9 Å². The molecule has 2 rings (SSSR count). The lowest BCUT2D eigenvalue weighted by Gasteiger charge is -2.34. The van der Waals surface area contributed by atoms with Gasteiger partial charge in [-0.05, 0) is 50.7 Å². The van der Waals surface area contributed by atoms with Crippen molar-refractivity contribution in [1.29, 1.82) is 0 Å². The molecule has 0 saturated carbocycles. The fourth-order valence-electron chi connectivity index (χ4n) is 3.52. The van der Waals surface area contributed by atoms with E-state index in [0.717, 1.165) is 0 Å². The summed E-state index contributed by atoms with van der Waals surface area (Å²) in [6, 6.07) is 0. The molecule has 16 heavy (non-hydrogen) atoms. The van der Waals surface area contributed by atoms with E-state index >= 15 is 0 Å². The Morgan fingerprint density at radius 2 is 1.88 bits per heavy atom. The van der Waals surface area contributed by atoms with E-state index in [2.05, 4.69) is 17.1 Å². The zero-order chi connectivity index (χ0) is 11.3. The lowest BCUT2D eigenvalue weighted by molar-refractivity contribution is 0.156. The van der Waals surface area contributed by atoms with E-state index in [1.165, 1.54) is 77.7 Å². The summed E-state index contributed by atoms with van der Waals surface area (Å²) in [6.45, 7) is 8.90. The monoisotopic (exact) mass is 224 g/mol. The molecule has 1 unspecified atom stereocenters. The Kier molecular flexibility index (Phi) is 4.66. The minimum atomic E-state index is 0.610. The molecule has 0 aliphatic carbocycles. The summed E-state index contributed by atoms with van der Waals surface area (Å²) in [7, 11) is 0. The Morgan fingerprint density at radius 1 is 1.12 bits per heavy atom. The number of nitrogens with zero attached hydrogens (tertiary/aromatic N) is 1. The van der Waals surface area contributed by atoms with E-state index in [1.54, 1.807) is 0 Å². The maximum absolute atomic E-state index is 3.58. The van der Waals surface area contributed by atoms with Crippen LogP contribution in [0.3, 0.4) is 0 Å². The Bertz CT molecular complexity index is 189. The van der Waals surface area contributed by atoms with Gasteiger partial charge < -0.3 is 10.2 Å². The van der Waals surface area contributed by atoms with Gasteiger partial charge in [0.2, 0.25) is 0 Å². The van der Waals surface area contributed by atoms with Crippen molar-refractivity contribution in [3.05, 3.63) is 0 Å². The van der Waals surface area contributed by atoms with Crippen LogP contribution in [0.4, 0.5) is 0 Å². The van der Waals surface area contributed by atoms with Crippen LogP contribution in [0, 0.1) is 5.41 Å². The van der Waals surface area contributed by atoms with Crippen LogP contribution in [0.25, 0.3) is 0 Å². The Balaban J connectivity index is 1.88. The molecule has 0 aromatic carbocycles. The molecule has 0 radical (unpaired) electrons. The molecule has 2 aliphatic heterocycles. The molecule has 94 valence electrons. The summed E-state index contributed by atoms with van der Waals surface area (Å²) in [5, 5.41) is 3.58. The lowest BCUT2D eigenvalue weighted by atomic mass is 9.82. The van der Waals surface area contributed by atoms with Crippen LogP contribution in [0.15, 0.2) is 0 Å². The first-order chi connectivity index (χ1) is 7.85. The maximum atomic E-state index is 3.58. The van der Waals surface area contributed by atoms with Gasteiger partial charge in [-0.3, -0.25) is 0 Å². The Hall–Kier alpha value is -0.0800. The minimum Gasteiger partial charge on any atom is -0.316 e. The highest BCUT2D eigenvalue weighted by atomic mass is 15.1. The third-order valence-electron chi connectivity index (χ3n) is 4.37. The molecule has 1 N–H and O–H groups in total. The van der Waals surface area contributed by atoms with Crippen molar-refractivity contribution >= 4 is 0 Å². The Morgan fingerprint density at radius 3 is 2.44 bits per heavy atom. The van der Waals surface area contributed by atoms with Crippen molar-refractivity contribution in [2.24, 2.45) is 5.41 Å². The fourth-order valence-corrected chi connectivity index (χ4v) is 3.52. The molecule has 0 bridgehead atoms. The van der Waals surface area contributed by atoms with Gasteiger partial charge in [0.15, 0.2) is 0 Å². The van der Waals surface area contributed by atoms with Crippen LogP contribution < -0.4 is 5.32 Å². The molecule has 0 spiro atoms. The highest BCUT2D eigenvalue weighted by Gasteiger charge is 2.34. The standard InChI is InChI=1S/C14H28N2/c1-2-7-14(8-9-15-12-14)13-16-10-5-3-4-6-11-16/h15H,2-13H2,1H3. The molecule has 2 heteroatoms. The van der Waals surface area contributed by atoms with E-state index in [-0.39, 0.29) is 0 Å². The predicted molar refractivity (Wildman–Crippen MR) is 69.7 cm³/mol. The van der Waals surface area contributed by atoms with Crippen LogP contribution in [-0.4, -0.2) is 37.6 Å². The van der Waals surface area contributed by atoms with E-state index in [9.17, 15) is 0 Å². The van der Waals surface area contributed by atoms with Gasteiger partial charge in [-0.25, -0.2) is 0 Å². The first-order valence-electron chi connectivity index (χ1n) is 7.28. The summed E-state index contributed by atoms with van der Waals surface area (Å²) in [5.41, 5.74) is 0.610. The van der Waals surface area contributed by atoms with Gasteiger partial charge in [-0.15, -0.1) is 0 Å². The molecular formula is C14H28N2. The molecule has 1 atom stereocenters. The molecule has 2 nitrogen and oxygen atoms in total. The van der Waals surface area contributed by atoms with E-state index in [1.807, 2.05) is 0 Å². The summed E-state index contributed by atoms with van der Waals surface area (Å²) in [5.74, 6) is 0. The van der Waals surface area contributed by atoms with Crippen molar-refractivity contribution < 1.29 is 0 Å². The SMILES string of the molecule is CCCC1(CN2CCCCCC2)CCNC1. The predicted octanol–water partition coefficient (Wildman–Crippen LogP) is 2.64. The van der Waals surface area contributed by atoms with Gasteiger partial charge in [-0.1, -0.05) is 26.2 Å². The number of hydrogen-bond acceptors (Lipinski definition) is 2. The highest BCUT2D eigenvalue weighted by molar-refractivity contribution is 4.90. The van der Waals surface area contributed by atoms with E-state index in [0.29, 0.717) is 5.41 Å². The largest absolute Gasteiger partial charge is 0.316 e. The summed E-state index contributed by atoms with van der Waals surface area (Å²) >= 11 is 0. The van der Waals surface area contributed by atoms with Gasteiger partial charge in [0, 0.05) is 13.1 Å². The first kappa shape index (κ1) is 12.4. The summed E-state index contributed by atoms with van der Waals surface area (Å²) in [6.07, 6.45) is 9.92. The van der Waals surface area contributed by atoms with Gasteiger partial charge in [-0.2, -0.15) is 0 Å². The normalized spacial score (nSPS) is 32.8. The average molecular weight is 224 g/mol. The van der Waals surface area contributed by atoms with Gasteiger partial charge >= 0.3 is 0 Å². The first-order valence-corrected chi connectivity index (χ1v) is 7.28. The van der Waals surface area contributed by atoms with Crippen molar-refractivity contribution in [1.82, 2.24) is 10.2 Å². The third-order valence-corrected chi connectivity index (χ3v) is 4.37. The topological polar surface area (TPSA) is 15.3 Å². The molecule has 0 amide bonds. The number of nitrogens with one attached hydrogen (secondary N) is 1. The van der Waals surface area contributed by atoms with Crippen molar-refractivity contribution in [3.8, 4) is 0 Å². The molecule has 2 fully saturated rings. The molecule has 0 aromatic rings. The smallest absolute Gasteiger partial charge is 0.00506 e. The molecule has 2 heterocycles. The van der Waals surface area contributed by atoms with Crippen LogP contribution in [0.5, 0.6) is 0 Å². The zero-order valence-corrected chi connectivity index (χ0v) is 10.9. The fraction of sp³-hybridized carbons (Fsp3) is 1.00.